The highest BCUT2D eigenvalue weighted by Gasteiger charge is 2.08. The Morgan fingerprint density at radius 2 is 1.95 bits per heavy atom. The molecule has 0 unspecified atom stereocenters. The number of urea groups is 1. The Bertz CT molecular complexity index is 631. The quantitative estimate of drug-likeness (QED) is 0.799. The van der Waals surface area contributed by atoms with Crippen molar-refractivity contribution in [1.29, 1.82) is 0 Å². The van der Waals surface area contributed by atoms with Crippen LogP contribution in [-0.2, 0) is 19.4 Å². The maximum absolute atomic E-state index is 11.0. The summed E-state index contributed by atoms with van der Waals surface area (Å²) in [5.74, 6) is 0. The van der Waals surface area contributed by atoms with E-state index in [0.717, 1.165) is 25.1 Å². The minimum Gasteiger partial charge on any atom is -0.351 e. The molecule has 1 aromatic heterocycles. The number of hydrogen-bond acceptors (Lipinski definition) is 1. The number of carbonyl (C=O) groups excluding carboxylic acids is 1. The van der Waals surface area contributed by atoms with Gasteiger partial charge in [0.15, 0.2) is 0 Å². The summed E-state index contributed by atoms with van der Waals surface area (Å²) in [6.45, 7) is 5.48. The predicted octanol–water partition coefficient (Wildman–Crippen LogP) is 3.93. The predicted molar refractivity (Wildman–Crippen MR) is 91.2 cm³/mol. The molecule has 0 bridgehead atoms. The minimum atomic E-state index is -0.531. The van der Waals surface area contributed by atoms with Crippen molar-refractivity contribution in [1.82, 2.24) is 4.57 Å². The molecule has 0 saturated carbocycles. The molecule has 0 fully saturated rings. The summed E-state index contributed by atoms with van der Waals surface area (Å²) in [4.78, 5) is 11.0. The summed E-state index contributed by atoms with van der Waals surface area (Å²) in [6.07, 6.45) is 4.29. The Morgan fingerprint density at radius 3 is 2.64 bits per heavy atom. The fourth-order valence-electron chi connectivity index (χ4n) is 2.73. The molecule has 1 heterocycles. The van der Waals surface area contributed by atoms with E-state index in [9.17, 15) is 4.79 Å². The van der Waals surface area contributed by atoms with Gasteiger partial charge in [0, 0.05) is 30.0 Å². The van der Waals surface area contributed by atoms with E-state index in [1.54, 1.807) is 0 Å². The number of nitrogens with zero attached hydrogens (tertiary/aromatic N) is 1. The van der Waals surface area contributed by atoms with Gasteiger partial charge in [-0.05, 0) is 42.7 Å². The fourth-order valence-corrected chi connectivity index (χ4v) is 2.73. The first-order chi connectivity index (χ1) is 10.6. The Kier molecular flexibility index (Phi) is 5.64. The summed E-state index contributed by atoms with van der Waals surface area (Å²) in [7, 11) is 0. The van der Waals surface area contributed by atoms with Crippen LogP contribution in [0.3, 0.4) is 0 Å². The number of benzene rings is 1. The van der Waals surface area contributed by atoms with Crippen LogP contribution < -0.4 is 11.1 Å². The van der Waals surface area contributed by atoms with Crippen LogP contribution in [0.15, 0.2) is 36.4 Å². The van der Waals surface area contributed by atoms with E-state index in [1.807, 2.05) is 18.2 Å². The average molecular weight is 299 g/mol. The topological polar surface area (TPSA) is 60.1 Å². The lowest BCUT2D eigenvalue weighted by atomic mass is 10.1. The molecule has 0 aliphatic rings. The van der Waals surface area contributed by atoms with Crippen molar-refractivity contribution < 1.29 is 4.79 Å². The molecule has 0 spiro atoms. The van der Waals surface area contributed by atoms with E-state index in [4.69, 9.17) is 5.73 Å². The van der Waals surface area contributed by atoms with Crippen LogP contribution in [0, 0.1) is 0 Å². The third-order valence-electron chi connectivity index (χ3n) is 3.84. The van der Waals surface area contributed by atoms with Gasteiger partial charge in [-0.3, -0.25) is 0 Å². The zero-order valence-electron chi connectivity index (χ0n) is 13.4. The lowest BCUT2D eigenvalue weighted by Crippen LogP contribution is -2.19. The second kappa shape index (κ2) is 7.69. The number of amides is 2. The summed E-state index contributed by atoms with van der Waals surface area (Å²) in [5.41, 5.74) is 9.79. The third-order valence-corrected chi connectivity index (χ3v) is 3.84. The lowest BCUT2D eigenvalue weighted by molar-refractivity contribution is 0.259. The number of aromatic nitrogens is 1. The Labute approximate surface area is 132 Å². The molecule has 118 valence electrons. The van der Waals surface area contributed by atoms with Crippen LogP contribution >= 0.6 is 0 Å². The van der Waals surface area contributed by atoms with Gasteiger partial charge in [0.2, 0.25) is 0 Å². The van der Waals surface area contributed by atoms with Crippen LogP contribution in [0.5, 0.6) is 0 Å². The van der Waals surface area contributed by atoms with Gasteiger partial charge in [-0.2, -0.15) is 0 Å². The van der Waals surface area contributed by atoms with E-state index in [1.165, 1.54) is 29.8 Å². The molecule has 0 saturated heterocycles. The highest BCUT2D eigenvalue weighted by atomic mass is 16.2. The van der Waals surface area contributed by atoms with Gasteiger partial charge >= 0.3 is 6.03 Å². The van der Waals surface area contributed by atoms with Crippen molar-refractivity contribution in [3.8, 4) is 0 Å². The van der Waals surface area contributed by atoms with Gasteiger partial charge in [-0.15, -0.1) is 0 Å². The van der Waals surface area contributed by atoms with Gasteiger partial charge < -0.3 is 15.6 Å². The standard InChI is InChI=1S/C18H25N3O/c1-3-5-11-21-16(4-2)9-10-17(21)13-14-7-6-8-15(12-14)20-18(19)22/h6-10,12H,3-5,11,13H2,1-2H3,(H3,19,20,22). The van der Waals surface area contributed by atoms with Crippen LogP contribution in [0.2, 0.25) is 0 Å². The van der Waals surface area contributed by atoms with Crippen molar-refractivity contribution in [2.75, 3.05) is 5.32 Å². The molecule has 4 nitrogen and oxygen atoms in total. The fraction of sp³-hybridized carbons (Fsp3) is 0.389. The van der Waals surface area contributed by atoms with Crippen molar-refractivity contribution in [2.45, 2.75) is 46.1 Å². The first-order valence-electron chi connectivity index (χ1n) is 7.96. The molecule has 0 aliphatic carbocycles. The largest absolute Gasteiger partial charge is 0.351 e. The molecule has 2 amide bonds. The number of nitrogens with one attached hydrogen (secondary N) is 1. The van der Waals surface area contributed by atoms with Gasteiger partial charge in [0.25, 0.3) is 0 Å². The molecule has 22 heavy (non-hydrogen) atoms. The van der Waals surface area contributed by atoms with Crippen LogP contribution in [0.1, 0.15) is 43.6 Å². The molecular formula is C18H25N3O. The van der Waals surface area contributed by atoms with Gasteiger partial charge in [-0.25, -0.2) is 4.79 Å². The SMILES string of the molecule is CCCCn1c(CC)ccc1Cc1cccc(NC(N)=O)c1. The molecule has 0 aliphatic heterocycles. The molecule has 0 atom stereocenters. The molecule has 0 radical (unpaired) electrons. The molecule has 2 aromatic rings. The van der Waals surface area contributed by atoms with Crippen molar-refractivity contribution >= 4 is 11.7 Å². The highest BCUT2D eigenvalue weighted by Crippen LogP contribution is 2.18. The van der Waals surface area contributed by atoms with Gasteiger partial charge in [-0.1, -0.05) is 32.4 Å². The summed E-state index contributed by atoms with van der Waals surface area (Å²) < 4.78 is 2.43. The molecule has 2 rings (SSSR count). The molecular weight excluding hydrogens is 274 g/mol. The van der Waals surface area contributed by atoms with Gasteiger partial charge in [0.05, 0.1) is 0 Å². The summed E-state index contributed by atoms with van der Waals surface area (Å²) in [6, 6.07) is 11.8. The lowest BCUT2D eigenvalue weighted by Gasteiger charge is -2.13. The number of rotatable bonds is 7. The van der Waals surface area contributed by atoms with E-state index in [2.05, 4.69) is 41.9 Å². The zero-order chi connectivity index (χ0) is 15.9. The number of nitrogens with two attached hydrogens (primary N) is 1. The maximum atomic E-state index is 11.0. The number of carbonyl (C=O) groups is 1. The van der Waals surface area contributed by atoms with Crippen LogP contribution in [0.4, 0.5) is 10.5 Å². The molecule has 4 heteroatoms. The Morgan fingerprint density at radius 1 is 1.18 bits per heavy atom. The number of aryl methyl sites for hydroxylation is 1. The van der Waals surface area contributed by atoms with Crippen molar-refractivity contribution in [3.63, 3.8) is 0 Å². The smallest absolute Gasteiger partial charge is 0.316 e. The van der Waals surface area contributed by atoms with E-state index >= 15 is 0 Å². The number of unbranched alkanes of at least 4 members (excludes halogenated alkanes) is 1. The van der Waals surface area contributed by atoms with Crippen molar-refractivity contribution in [2.24, 2.45) is 5.73 Å². The normalized spacial score (nSPS) is 10.6. The van der Waals surface area contributed by atoms with Crippen molar-refractivity contribution in [3.05, 3.63) is 53.3 Å². The number of anilines is 1. The average Bonchev–Trinajstić information content (AvgIpc) is 2.86. The van der Waals surface area contributed by atoms with Crippen LogP contribution in [-0.4, -0.2) is 10.6 Å². The third kappa shape index (κ3) is 4.13. The first-order valence-corrected chi connectivity index (χ1v) is 7.96. The van der Waals surface area contributed by atoms with E-state index in [-0.39, 0.29) is 0 Å². The number of primary amides is 1. The highest BCUT2D eigenvalue weighted by molar-refractivity contribution is 5.87. The monoisotopic (exact) mass is 299 g/mol. The van der Waals surface area contributed by atoms with Crippen LogP contribution in [0.25, 0.3) is 0 Å². The van der Waals surface area contributed by atoms with E-state index in [0.29, 0.717) is 0 Å². The number of hydrogen-bond donors (Lipinski definition) is 2. The second-order valence-corrected chi connectivity index (χ2v) is 5.54. The minimum absolute atomic E-state index is 0.531. The summed E-state index contributed by atoms with van der Waals surface area (Å²) in [5, 5.41) is 2.63. The second-order valence-electron chi connectivity index (χ2n) is 5.54. The maximum Gasteiger partial charge on any atom is 0.316 e. The molecule has 1 aromatic carbocycles. The Hall–Kier alpha value is -2.23. The zero-order valence-corrected chi connectivity index (χ0v) is 13.4. The Balaban J connectivity index is 2.19. The first kappa shape index (κ1) is 16.1. The molecule has 3 N–H and O–H groups in total. The van der Waals surface area contributed by atoms with Gasteiger partial charge in [0.1, 0.15) is 0 Å². The van der Waals surface area contributed by atoms with E-state index < -0.39 is 6.03 Å². The summed E-state index contributed by atoms with van der Waals surface area (Å²) >= 11 is 0.